The first kappa shape index (κ1) is 21.7. The standard InChI is InChI=1S/C24H33ClN2O3/c1-3-7-16-12-22(28)30-24-18(16)13-20(25)23(29)19(24)15-26(2)14-17-8-6-11-27-10-5-4-9-21(17)27/h12-13,17,21,29H,3-11,14-15H2,1-2H3/t17-,21+/m0/s1. The van der Waals surface area contributed by atoms with Crippen molar-refractivity contribution in [2.75, 3.05) is 26.7 Å². The number of aromatic hydroxyl groups is 1. The summed E-state index contributed by atoms with van der Waals surface area (Å²) in [6.45, 7) is 6.01. The van der Waals surface area contributed by atoms with E-state index in [1.54, 1.807) is 12.1 Å². The van der Waals surface area contributed by atoms with Crippen molar-refractivity contribution >= 4 is 22.6 Å². The Morgan fingerprint density at radius 2 is 2.03 bits per heavy atom. The van der Waals surface area contributed by atoms with Gasteiger partial charge in [-0.2, -0.15) is 0 Å². The first-order valence-electron chi connectivity index (χ1n) is 11.4. The second-order valence-electron chi connectivity index (χ2n) is 9.10. The zero-order valence-corrected chi connectivity index (χ0v) is 18.9. The summed E-state index contributed by atoms with van der Waals surface area (Å²) in [5.74, 6) is 0.662. The number of hydrogen-bond donors (Lipinski definition) is 1. The molecule has 0 bridgehead atoms. The van der Waals surface area contributed by atoms with E-state index < -0.39 is 0 Å². The van der Waals surface area contributed by atoms with Gasteiger partial charge < -0.3 is 19.3 Å². The smallest absolute Gasteiger partial charge is 0.336 e. The molecule has 0 aliphatic carbocycles. The normalized spacial score (nSPS) is 22.5. The molecule has 164 valence electrons. The SMILES string of the molecule is CCCc1cc(=O)oc2c(CN(C)C[C@@H]3CCCN4CCCC[C@H]34)c(O)c(Cl)cc12. The first-order valence-corrected chi connectivity index (χ1v) is 11.8. The minimum Gasteiger partial charge on any atom is -0.506 e. The van der Waals surface area contributed by atoms with Crippen molar-refractivity contribution in [1.82, 2.24) is 9.80 Å². The Labute approximate surface area is 183 Å². The fraction of sp³-hybridized carbons (Fsp3) is 0.625. The predicted octanol–water partition coefficient (Wildman–Crippen LogP) is 4.80. The molecule has 30 heavy (non-hydrogen) atoms. The van der Waals surface area contributed by atoms with Gasteiger partial charge in [0, 0.05) is 30.6 Å². The molecule has 4 rings (SSSR count). The Morgan fingerprint density at radius 1 is 1.23 bits per heavy atom. The molecule has 1 aromatic carbocycles. The summed E-state index contributed by atoms with van der Waals surface area (Å²) in [7, 11) is 2.09. The van der Waals surface area contributed by atoms with Crippen LogP contribution in [0.1, 0.15) is 56.6 Å². The van der Waals surface area contributed by atoms with Gasteiger partial charge in [0.15, 0.2) is 0 Å². The van der Waals surface area contributed by atoms with Gasteiger partial charge in [-0.15, -0.1) is 0 Å². The van der Waals surface area contributed by atoms with Crippen molar-refractivity contribution in [1.29, 1.82) is 0 Å². The molecule has 0 spiro atoms. The highest BCUT2D eigenvalue weighted by Crippen LogP contribution is 2.37. The number of fused-ring (bicyclic) bond motifs is 2. The van der Waals surface area contributed by atoms with Gasteiger partial charge in [0.25, 0.3) is 0 Å². The fourth-order valence-electron chi connectivity index (χ4n) is 5.53. The highest BCUT2D eigenvalue weighted by atomic mass is 35.5. The Kier molecular flexibility index (Phi) is 6.71. The predicted molar refractivity (Wildman–Crippen MR) is 121 cm³/mol. The van der Waals surface area contributed by atoms with Crippen LogP contribution < -0.4 is 5.63 Å². The summed E-state index contributed by atoms with van der Waals surface area (Å²) >= 11 is 6.38. The number of aryl methyl sites for hydroxylation is 1. The quantitative estimate of drug-likeness (QED) is 0.664. The molecule has 0 amide bonds. The van der Waals surface area contributed by atoms with Crippen LogP contribution in [-0.4, -0.2) is 47.6 Å². The molecule has 0 radical (unpaired) electrons. The van der Waals surface area contributed by atoms with Crippen LogP contribution in [0, 0.1) is 5.92 Å². The van der Waals surface area contributed by atoms with Crippen molar-refractivity contribution < 1.29 is 9.52 Å². The largest absolute Gasteiger partial charge is 0.506 e. The average molecular weight is 433 g/mol. The highest BCUT2D eigenvalue weighted by molar-refractivity contribution is 6.33. The van der Waals surface area contributed by atoms with E-state index in [4.69, 9.17) is 16.0 Å². The van der Waals surface area contributed by atoms with Gasteiger partial charge in [-0.05, 0) is 69.8 Å². The van der Waals surface area contributed by atoms with Crippen LogP contribution in [0.5, 0.6) is 5.75 Å². The van der Waals surface area contributed by atoms with E-state index in [9.17, 15) is 9.90 Å². The van der Waals surface area contributed by atoms with Gasteiger partial charge in [-0.3, -0.25) is 0 Å². The molecule has 1 aromatic heterocycles. The fourth-order valence-corrected chi connectivity index (χ4v) is 5.75. The maximum Gasteiger partial charge on any atom is 0.336 e. The third kappa shape index (κ3) is 4.39. The van der Waals surface area contributed by atoms with Crippen LogP contribution in [0.4, 0.5) is 0 Å². The van der Waals surface area contributed by atoms with E-state index in [2.05, 4.69) is 23.8 Å². The number of phenolic OH excluding ortho intramolecular Hbond substituents is 1. The Hall–Kier alpha value is -1.56. The Morgan fingerprint density at radius 3 is 2.83 bits per heavy atom. The van der Waals surface area contributed by atoms with Gasteiger partial charge >= 0.3 is 5.63 Å². The van der Waals surface area contributed by atoms with Crippen molar-refractivity contribution in [3.8, 4) is 5.75 Å². The molecular weight excluding hydrogens is 400 g/mol. The first-order chi connectivity index (χ1) is 14.5. The van der Waals surface area contributed by atoms with E-state index in [1.165, 1.54) is 45.2 Å². The van der Waals surface area contributed by atoms with Crippen molar-refractivity contribution in [3.63, 3.8) is 0 Å². The molecule has 1 N–H and O–H groups in total. The summed E-state index contributed by atoms with van der Waals surface area (Å²) in [4.78, 5) is 17.1. The topological polar surface area (TPSA) is 56.9 Å². The zero-order chi connectivity index (χ0) is 21.3. The zero-order valence-electron chi connectivity index (χ0n) is 18.1. The number of rotatable bonds is 6. The van der Waals surface area contributed by atoms with Crippen molar-refractivity contribution in [2.24, 2.45) is 5.92 Å². The molecule has 2 aromatic rings. The molecule has 0 unspecified atom stereocenters. The van der Waals surface area contributed by atoms with Gasteiger partial charge in [0.1, 0.15) is 11.3 Å². The number of piperidine rings is 2. The van der Waals surface area contributed by atoms with Crippen LogP contribution in [0.25, 0.3) is 11.0 Å². The molecule has 2 fully saturated rings. The van der Waals surface area contributed by atoms with Crippen molar-refractivity contribution in [2.45, 2.75) is 64.5 Å². The minimum atomic E-state index is -0.373. The molecule has 3 heterocycles. The lowest BCUT2D eigenvalue weighted by molar-refractivity contribution is 0.0434. The number of halogens is 1. The summed E-state index contributed by atoms with van der Waals surface area (Å²) in [5.41, 5.74) is 1.65. The van der Waals surface area contributed by atoms with Crippen molar-refractivity contribution in [3.05, 3.63) is 38.7 Å². The van der Waals surface area contributed by atoms with Crippen LogP contribution in [0.2, 0.25) is 5.02 Å². The number of hydrogen-bond acceptors (Lipinski definition) is 5. The molecule has 2 aliphatic heterocycles. The lowest BCUT2D eigenvalue weighted by Crippen LogP contribution is -2.50. The maximum absolute atomic E-state index is 12.2. The van der Waals surface area contributed by atoms with Crippen LogP contribution in [-0.2, 0) is 13.0 Å². The molecule has 2 saturated heterocycles. The van der Waals surface area contributed by atoms with Crippen LogP contribution in [0.15, 0.2) is 21.3 Å². The number of phenols is 1. The monoisotopic (exact) mass is 432 g/mol. The Bertz CT molecular complexity index is 956. The second-order valence-corrected chi connectivity index (χ2v) is 9.51. The summed E-state index contributed by atoms with van der Waals surface area (Å²) in [5, 5.41) is 11.9. The van der Waals surface area contributed by atoms with E-state index in [0.29, 0.717) is 34.7 Å². The Balaban J connectivity index is 1.61. The molecule has 2 aliphatic rings. The number of nitrogens with zero attached hydrogens (tertiary/aromatic N) is 2. The lowest BCUT2D eigenvalue weighted by atomic mass is 9.83. The third-order valence-corrected chi connectivity index (χ3v) is 7.15. The van der Waals surface area contributed by atoms with Gasteiger partial charge in [-0.1, -0.05) is 31.4 Å². The average Bonchev–Trinajstić information content (AvgIpc) is 2.73. The summed E-state index contributed by atoms with van der Waals surface area (Å²) in [6, 6.07) is 3.95. The van der Waals surface area contributed by atoms with E-state index >= 15 is 0 Å². The van der Waals surface area contributed by atoms with Crippen LogP contribution in [0.3, 0.4) is 0 Å². The summed E-state index contributed by atoms with van der Waals surface area (Å²) in [6.07, 6.45) is 8.15. The maximum atomic E-state index is 12.2. The molecule has 6 heteroatoms. The van der Waals surface area contributed by atoms with E-state index in [1.807, 2.05) is 0 Å². The van der Waals surface area contributed by atoms with Crippen LogP contribution >= 0.6 is 11.6 Å². The lowest BCUT2D eigenvalue weighted by Gasteiger charge is -2.45. The number of benzene rings is 1. The van der Waals surface area contributed by atoms with Gasteiger partial charge in [0.05, 0.1) is 10.6 Å². The third-order valence-electron chi connectivity index (χ3n) is 6.86. The second kappa shape index (κ2) is 9.29. The molecule has 0 saturated carbocycles. The molecule has 2 atom stereocenters. The minimum absolute atomic E-state index is 0.0238. The molecule has 5 nitrogen and oxygen atoms in total. The van der Waals surface area contributed by atoms with Gasteiger partial charge in [0.2, 0.25) is 0 Å². The van der Waals surface area contributed by atoms with E-state index in [0.717, 1.165) is 30.3 Å². The molecular formula is C24H33ClN2O3. The van der Waals surface area contributed by atoms with E-state index in [-0.39, 0.29) is 11.4 Å². The summed E-state index contributed by atoms with van der Waals surface area (Å²) < 4.78 is 5.58. The highest BCUT2D eigenvalue weighted by Gasteiger charge is 2.33. The van der Waals surface area contributed by atoms with Gasteiger partial charge in [-0.25, -0.2) is 4.79 Å².